The number of carboxylic acids is 1. The Morgan fingerprint density at radius 3 is 2.00 bits per heavy atom. The maximum Gasteiger partial charge on any atom is 0.326 e. The van der Waals surface area contributed by atoms with Crippen molar-refractivity contribution in [2.75, 3.05) is 0 Å². The lowest BCUT2D eigenvalue weighted by Crippen LogP contribution is -2.58. The number of rotatable bonds is 15. The summed E-state index contributed by atoms with van der Waals surface area (Å²) >= 11 is 0. The van der Waals surface area contributed by atoms with Crippen LogP contribution in [-0.4, -0.2) is 68.0 Å². The zero-order valence-electron chi connectivity index (χ0n) is 23.6. The molecule has 3 amide bonds. The SMILES string of the molecule is CC(C)CC(NC(=O)C(N)Cc1ccccc1)C(=O)NC(Cc1ccc(O)cc1)C(=O)NC(Cc1cnc[nH]1)C(=O)O. The standard InChI is InChI=1S/C30H38N6O6/c1-18(2)12-24(34-27(38)23(31)13-19-6-4-3-5-7-19)28(39)35-25(14-20-8-10-22(37)11-9-20)29(40)36-26(30(41)42)15-21-16-32-17-33-21/h3-11,16-18,23-26,37H,12-15,31H2,1-2H3,(H,32,33)(H,34,38)(H,35,39)(H,36,40)(H,41,42). The summed E-state index contributed by atoms with van der Waals surface area (Å²) in [5.41, 5.74) is 8.14. The van der Waals surface area contributed by atoms with Gasteiger partial charge in [-0.3, -0.25) is 14.4 Å². The fourth-order valence-electron chi connectivity index (χ4n) is 4.38. The summed E-state index contributed by atoms with van der Waals surface area (Å²) in [6, 6.07) is 11.0. The molecule has 12 heteroatoms. The van der Waals surface area contributed by atoms with Crippen molar-refractivity contribution in [1.29, 1.82) is 0 Å². The van der Waals surface area contributed by atoms with Crippen LogP contribution in [0.5, 0.6) is 5.75 Å². The van der Waals surface area contributed by atoms with Gasteiger partial charge in [0.25, 0.3) is 0 Å². The minimum absolute atomic E-state index is 0.00408. The summed E-state index contributed by atoms with van der Waals surface area (Å²) in [5.74, 6) is -3.06. The molecule has 224 valence electrons. The van der Waals surface area contributed by atoms with E-state index >= 15 is 0 Å². The van der Waals surface area contributed by atoms with Gasteiger partial charge in [0.05, 0.1) is 12.4 Å². The molecule has 42 heavy (non-hydrogen) atoms. The largest absolute Gasteiger partial charge is 0.508 e. The van der Waals surface area contributed by atoms with Gasteiger partial charge in [0.1, 0.15) is 23.9 Å². The monoisotopic (exact) mass is 578 g/mol. The highest BCUT2D eigenvalue weighted by atomic mass is 16.4. The number of carboxylic acid groups (broad SMARTS) is 1. The van der Waals surface area contributed by atoms with Gasteiger partial charge in [-0.2, -0.15) is 0 Å². The number of amides is 3. The average molecular weight is 579 g/mol. The molecule has 3 aromatic rings. The Morgan fingerprint density at radius 1 is 0.810 bits per heavy atom. The van der Waals surface area contributed by atoms with Crippen molar-refractivity contribution in [3.8, 4) is 5.75 Å². The lowest BCUT2D eigenvalue weighted by atomic mass is 9.99. The second-order valence-corrected chi connectivity index (χ2v) is 10.6. The fourth-order valence-corrected chi connectivity index (χ4v) is 4.38. The van der Waals surface area contributed by atoms with Crippen molar-refractivity contribution < 1.29 is 29.4 Å². The summed E-state index contributed by atoms with van der Waals surface area (Å²) in [5, 5.41) is 27.3. The van der Waals surface area contributed by atoms with E-state index in [2.05, 4.69) is 25.9 Å². The molecule has 1 aromatic heterocycles. The number of H-pyrrole nitrogens is 1. The number of aromatic amines is 1. The predicted molar refractivity (Wildman–Crippen MR) is 155 cm³/mol. The Hall–Kier alpha value is -4.71. The summed E-state index contributed by atoms with van der Waals surface area (Å²) in [7, 11) is 0. The number of hydrogen-bond donors (Lipinski definition) is 7. The third-order valence-corrected chi connectivity index (χ3v) is 6.58. The van der Waals surface area contributed by atoms with Crippen LogP contribution >= 0.6 is 0 Å². The highest BCUT2D eigenvalue weighted by molar-refractivity contribution is 5.94. The zero-order chi connectivity index (χ0) is 30.6. The Labute approximate surface area is 244 Å². The van der Waals surface area contributed by atoms with Crippen LogP contribution in [0.2, 0.25) is 0 Å². The van der Waals surface area contributed by atoms with E-state index in [4.69, 9.17) is 5.73 Å². The predicted octanol–water partition coefficient (Wildman–Crippen LogP) is 1.06. The molecular weight excluding hydrogens is 540 g/mol. The highest BCUT2D eigenvalue weighted by Crippen LogP contribution is 2.13. The molecule has 3 rings (SSSR count). The van der Waals surface area contributed by atoms with Gasteiger partial charge in [-0.05, 0) is 42.0 Å². The summed E-state index contributed by atoms with van der Waals surface area (Å²) in [6.07, 6.45) is 3.37. The van der Waals surface area contributed by atoms with E-state index in [1.165, 1.54) is 24.7 Å². The molecule has 0 aliphatic heterocycles. The van der Waals surface area contributed by atoms with Crippen molar-refractivity contribution in [2.24, 2.45) is 11.7 Å². The number of imidazole rings is 1. The number of aliphatic carboxylic acids is 1. The topological polar surface area (TPSA) is 200 Å². The van der Waals surface area contributed by atoms with Crippen molar-refractivity contribution >= 4 is 23.7 Å². The van der Waals surface area contributed by atoms with Crippen LogP contribution in [0.1, 0.15) is 37.1 Å². The molecule has 0 aliphatic carbocycles. The lowest BCUT2D eigenvalue weighted by Gasteiger charge is -2.26. The van der Waals surface area contributed by atoms with Crippen LogP contribution in [0.25, 0.3) is 0 Å². The molecule has 0 saturated heterocycles. The van der Waals surface area contributed by atoms with E-state index in [0.29, 0.717) is 11.3 Å². The van der Waals surface area contributed by atoms with Crippen LogP contribution in [-0.2, 0) is 38.4 Å². The van der Waals surface area contributed by atoms with Crippen LogP contribution < -0.4 is 21.7 Å². The summed E-state index contributed by atoms with van der Waals surface area (Å²) in [6.45, 7) is 3.79. The maximum absolute atomic E-state index is 13.5. The Balaban J connectivity index is 1.77. The number of nitrogens with two attached hydrogens (primary N) is 1. The fraction of sp³-hybridized carbons (Fsp3) is 0.367. The molecule has 12 nitrogen and oxygen atoms in total. The molecule has 8 N–H and O–H groups in total. The first kappa shape index (κ1) is 31.8. The minimum atomic E-state index is -1.29. The van der Waals surface area contributed by atoms with Gasteiger partial charge in [0.15, 0.2) is 0 Å². The molecule has 1 heterocycles. The quantitative estimate of drug-likeness (QED) is 0.139. The molecule has 0 aliphatic rings. The number of benzene rings is 2. The van der Waals surface area contributed by atoms with Crippen LogP contribution in [0.15, 0.2) is 67.1 Å². The number of phenolic OH excluding ortho intramolecular Hbond substituents is 1. The Kier molecular flexibility index (Phi) is 11.6. The number of nitrogens with zero attached hydrogens (tertiary/aromatic N) is 1. The van der Waals surface area contributed by atoms with E-state index in [1.807, 2.05) is 44.2 Å². The van der Waals surface area contributed by atoms with E-state index in [1.54, 1.807) is 12.1 Å². The first-order valence-electron chi connectivity index (χ1n) is 13.7. The number of carbonyl (C=O) groups excluding carboxylic acids is 3. The molecule has 2 aromatic carbocycles. The van der Waals surface area contributed by atoms with E-state index in [0.717, 1.165) is 5.56 Å². The van der Waals surface area contributed by atoms with Gasteiger partial charge >= 0.3 is 5.97 Å². The first-order chi connectivity index (χ1) is 20.0. The number of aromatic hydroxyl groups is 1. The lowest BCUT2D eigenvalue weighted by molar-refractivity contribution is -0.142. The van der Waals surface area contributed by atoms with Crippen molar-refractivity contribution in [1.82, 2.24) is 25.9 Å². The molecule has 0 spiro atoms. The van der Waals surface area contributed by atoms with E-state index in [9.17, 15) is 29.4 Å². The van der Waals surface area contributed by atoms with Gasteiger partial charge in [-0.25, -0.2) is 9.78 Å². The van der Waals surface area contributed by atoms with Gasteiger partial charge in [-0.15, -0.1) is 0 Å². The second kappa shape index (κ2) is 15.3. The number of hydrogen-bond acceptors (Lipinski definition) is 7. The second-order valence-electron chi connectivity index (χ2n) is 10.6. The molecule has 4 atom stereocenters. The summed E-state index contributed by atoms with van der Waals surface area (Å²) in [4.78, 5) is 58.5. The number of nitrogens with one attached hydrogen (secondary N) is 4. The van der Waals surface area contributed by atoms with Gasteiger partial charge in [0, 0.05) is 24.7 Å². The Bertz CT molecular complexity index is 1310. The minimum Gasteiger partial charge on any atom is -0.508 e. The van der Waals surface area contributed by atoms with Crippen molar-refractivity contribution in [3.05, 3.63) is 83.9 Å². The number of phenols is 1. The van der Waals surface area contributed by atoms with Gasteiger partial charge in [-0.1, -0.05) is 56.3 Å². The average Bonchev–Trinajstić information content (AvgIpc) is 3.46. The maximum atomic E-state index is 13.5. The van der Waals surface area contributed by atoms with Crippen molar-refractivity contribution in [2.45, 2.75) is 63.7 Å². The molecular formula is C30H38N6O6. The smallest absolute Gasteiger partial charge is 0.326 e. The first-order valence-corrected chi connectivity index (χ1v) is 13.7. The third-order valence-electron chi connectivity index (χ3n) is 6.58. The number of carbonyl (C=O) groups is 4. The van der Waals surface area contributed by atoms with Crippen molar-refractivity contribution in [3.63, 3.8) is 0 Å². The van der Waals surface area contributed by atoms with Crippen LogP contribution in [0.3, 0.4) is 0 Å². The molecule has 4 unspecified atom stereocenters. The Morgan fingerprint density at radius 2 is 1.40 bits per heavy atom. The molecule has 0 bridgehead atoms. The van der Waals surface area contributed by atoms with E-state index < -0.39 is 47.9 Å². The third kappa shape index (κ3) is 10.0. The van der Waals surface area contributed by atoms with Crippen LogP contribution in [0.4, 0.5) is 0 Å². The zero-order valence-corrected chi connectivity index (χ0v) is 23.6. The molecule has 0 saturated carbocycles. The normalized spacial score (nSPS) is 13.9. The molecule has 0 radical (unpaired) electrons. The van der Waals surface area contributed by atoms with Gasteiger partial charge in [0.2, 0.25) is 17.7 Å². The van der Waals surface area contributed by atoms with Gasteiger partial charge < -0.3 is 36.9 Å². The number of aromatic nitrogens is 2. The summed E-state index contributed by atoms with van der Waals surface area (Å²) < 4.78 is 0. The van der Waals surface area contributed by atoms with Crippen LogP contribution in [0, 0.1) is 5.92 Å². The highest BCUT2D eigenvalue weighted by Gasteiger charge is 2.31. The molecule has 0 fully saturated rings. The van der Waals surface area contributed by atoms with E-state index in [-0.39, 0.29) is 37.4 Å².